The minimum Gasteiger partial charge on any atom is -0.351 e. The quantitative estimate of drug-likeness (QED) is 0.194. The number of nitrogens with zero attached hydrogens (tertiary/aromatic N) is 7. The van der Waals surface area contributed by atoms with Gasteiger partial charge in [-0.1, -0.05) is 116 Å². The Balaban J connectivity index is 1.25. The van der Waals surface area contributed by atoms with Gasteiger partial charge in [0.1, 0.15) is 53.9 Å². The highest BCUT2D eigenvalue weighted by Crippen LogP contribution is 2.38. The van der Waals surface area contributed by atoms with Gasteiger partial charge in [0, 0.05) is 60.8 Å². The summed E-state index contributed by atoms with van der Waals surface area (Å²) in [5.74, 6) is -7.12. The van der Waals surface area contributed by atoms with Crippen LogP contribution in [-0.4, -0.2) is 214 Å². The lowest BCUT2D eigenvalue weighted by Gasteiger charge is -2.45. The number of fused-ring (bicyclic) bond motifs is 2. The topological polar surface area (TPSA) is 259 Å². The van der Waals surface area contributed by atoms with Gasteiger partial charge in [-0.25, -0.2) is 0 Å². The lowest BCUT2D eigenvalue weighted by atomic mass is 9.82. The van der Waals surface area contributed by atoms with Crippen LogP contribution in [0, 0.1) is 23.7 Å². The molecule has 0 aromatic heterocycles. The number of hydrogen-bond donors (Lipinski definition) is 4. The molecule has 7 rings (SSSR count). The van der Waals surface area contributed by atoms with Crippen molar-refractivity contribution in [3.05, 3.63) is 34.3 Å². The van der Waals surface area contributed by atoms with Gasteiger partial charge in [0.15, 0.2) is 0 Å². The molecule has 530 valence electrons. The zero-order valence-corrected chi connectivity index (χ0v) is 58.5. The first-order chi connectivity index (χ1) is 44.8. The summed E-state index contributed by atoms with van der Waals surface area (Å²) in [6, 6.07) is -6.54. The minimum atomic E-state index is -4.74. The van der Waals surface area contributed by atoms with E-state index in [0.717, 1.165) is 63.5 Å². The molecule has 22 nitrogen and oxygen atoms in total. The molecule has 0 radical (unpaired) electrons. The second kappa shape index (κ2) is 33.1. The number of amides is 11. The van der Waals surface area contributed by atoms with Gasteiger partial charge < -0.3 is 55.6 Å². The first-order valence-corrected chi connectivity index (χ1v) is 35.2. The second-order valence-electron chi connectivity index (χ2n) is 28.7. The number of rotatable bonds is 10. The number of likely N-dealkylation sites (N-methyl/N-ethyl adjacent to an activating group) is 5. The lowest BCUT2D eigenvalue weighted by Crippen LogP contribution is -2.65. The van der Waals surface area contributed by atoms with Crippen LogP contribution >= 0.6 is 11.6 Å². The summed E-state index contributed by atoms with van der Waals surface area (Å²) >= 11 is 6.15. The second-order valence-corrected chi connectivity index (χ2v) is 29.1. The largest absolute Gasteiger partial charge is 0.417 e. The average molecular weight is 1360 g/mol. The van der Waals surface area contributed by atoms with E-state index in [2.05, 4.69) is 21.3 Å². The van der Waals surface area contributed by atoms with Crippen molar-refractivity contribution < 1.29 is 65.9 Å². The van der Waals surface area contributed by atoms with Crippen LogP contribution in [-0.2, 0) is 65.3 Å². The van der Waals surface area contributed by atoms with Crippen molar-refractivity contribution >= 4 is 76.6 Å². The highest BCUT2D eigenvalue weighted by atomic mass is 35.5. The molecule has 10 atom stereocenters. The summed E-state index contributed by atoms with van der Waals surface area (Å²) in [5, 5.41) is 11.3. The van der Waals surface area contributed by atoms with Crippen LogP contribution < -0.4 is 21.3 Å². The van der Waals surface area contributed by atoms with Crippen molar-refractivity contribution in [3.63, 3.8) is 0 Å². The molecule has 3 heterocycles. The Kier molecular flexibility index (Phi) is 26.5. The molecular weight excluding hydrogens is 1250 g/mol. The molecule has 95 heavy (non-hydrogen) atoms. The number of aryl methyl sites for hydroxylation is 1. The summed E-state index contributed by atoms with van der Waals surface area (Å²) in [5.41, 5.74) is -2.22. The fourth-order valence-electron chi connectivity index (χ4n) is 15.2. The number of carbonyl (C=O) groups excluding carboxylic acids is 11. The first kappa shape index (κ1) is 75.8. The predicted octanol–water partition coefficient (Wildman–Crippen LogP) is 6.62. The standard InChI is InChI=1S/C69H105ClF3N11O11/c1-12-42(4)57-66(94)79(8)44(6)62(90)84-35-31-52(84)65(93)81(10)54(39-45-22-15-13-16-23-45)64(92)78(7)40-55(85)75-50(30-28-46-27-29-48(49(70)38-46)69(71,72)73)63(91)83-34-21-26-51(83)60(88)77-68(32-19-20-33-68)67(95)82(11)58(47-24-17-14-18-25-47)61(89)74-43(5)37-56(86)80(9)53(36-41(2)3)59(87)76-57/h27,29,38,41-45,47,50-54,57-58H,12-26,28,30-37,39-40H2,1-11H3,(H,74,89)(H,75,85)(H,76,87)(H,77,88)/t42-,43+,44-,50-,51-,52-,53-,54-,57-,58-/m0/s1. The highest BCUT2D eigenvalue weighted by Gasteiger charge is 2.51. The van der Waals surface area contributed by atoms with E-state index in [1.54, 1.807) is 27.8 Å². The van der Waals surface area contributed by atoms with Crippen molar-refractivity contribution in [1.82, 2.24) is 55.6 Å². The van der Waals surface area contributed by atoms with Gasteiger partial charge in [0.2, 0.25) is 65.0 Å². The Labute approximate surface area is 563 Å². The summed E-state index contributed by atoms with van der Waals surface area (Å²) in [6.45, 7) is 10.3. The molecule has 6 aliphatic rings. The Hall–Kier alpha value is -6.53. The van der Waals surface area contributed by atoms with Gasteiger partial charge in [0.05, 0.1) is 17.1 Å². The van der Waals surface area contributed by atoms with Crippen LogP contribution in [0.2, 0.25) is 5.02 Å². The lowest BCUT2D eigenvalue weighted by molar-refractivity contribution is -0.160. The smallest absolute Gasteiger partial charge is 0.351 e. The van der Waals surface area contributed by atoms with Crippen LogP contribution in [0.3, 0.4) is 0 Å². The van der Waals surface area contributed by atoms with E-state index in [-0.39, 0.29) is 88.6 Å². The van der Waals surface area contributed by atoms with Gasteiger partial charge >= 0.3 is 6.18 Å². The molecule has 6 fully saturated rings. The van der Waals surface area contributed by atoms with Crippen molar-refractivity contribution in [2.45, 2.75) is 255 Å². The molecule has 3 aliphatic carbocycles. The molecule has 0 bridgehead atoms. The number of nitrogens with one attached hydrogen (secondary N) is 4. The molecule has 3 aliphatic heterocycles. The van der Waals surface area contributed by atoms with Gasteiger partial charge in [0.25, 0.3) is 0 Å². The monoisotopic (exact) mass is 1360 g/mol. The molecule has 1 aromatic rings. The normalized spacial score (nSPS) is 28.7. The summed E-state index contributed by atoms with van der Waals surface area (Å²) in [7, 11) is 7.41. The Morgan fingerprint density at radius 2 is 1.26 bits per heavy atom. The number of hydrogen-bond acceptors (Lipinski definition) is 11. The van der Waals surface area contributed by atoms with Crippen LogP contribution in [0.15, 0.2) is 18.2 Å². The molecule has 1 spiro atoms. The number of benzene rings is 1. The van der Waals surface area contributed by atoms with Gasteiger partial charge in [-0.05, 0) is 126 Å². The molecule has 0 unspecified atom stereocenters. The van der Waals surface area contributed by atoms with E-state index in [0.29, 0.717) is 44.1 Å². The molecule has 4 N–H and O–H groups in total. The van der Waals surface area contributed by atoms with Crippen LogP contribution in [0.25, 0.3) is 0 Å². The van der Waals surface area contributed by atoms with Gasteiger partial charge in [-0.2, -0.15) is 13.2 Å². The predicted molar refractivity (Wildman–Crippen MR) is 351 cm³/mol. The summed E-state index contributed by atoms with van der Waals surface area (Å²) in [4.78, 5) is 172. The van der Waals surface area contributed by atoms with Gasteiger partial charge in [-0.15, -0.1) is 0 Å². The fourth-order valence-corrected chi connectivity index (χ4v) is 15.5. The third kappa shape index (κ3) is 18.4. The molecule has 3 saturated heterocycles. The third-order valence-electron chi connectivity index (χ3n) is 21.4. The summed E-state index contributed by atoms with van der Waals surface area (Å²) in [6.07, 6.45) is 6.36. The van der Waals surface area contributed by atoms with Crippen LogP contribution in [0.1, 0.15) is 194 Å². The zero-order valence-electron chi connectivity index (χ0n) is 57.8. The molecule has 1 aromatic carbocycles. The average Bonchev–Trinajstić information content (AvgIpc) is 1.77. The number of carbonyl (C=O) groups is 11. The first-order valence-electron chi connectivity index (χ1n) is 34.8. The Morgan fingerprint density at radius 1 is 0.632 bits per heavy atom. The molecule has 11 amide bonds. The molecule has 26 heteroatoms. The summed E-state index contributed by atoms with van der Waals surface area (Å²) < 4.78 is 41.5. The van der Waals surface area contributed by atoms with Crippen molar-refractivity contribution in [1.29, 1.82) is 0 Å². The Bertz CT molecular complexity index is 2950. The zero-order chi connectivity index (χ0) is 70.0. The maximum atomic E-state index is 15.4. The van der Waals surface area contributed by atoms with Crippen LogP contribution in [0.5, 0.6) is 0 Å². The van der Waals surface area contributed by atoms with Crippen molar-refractivity contribution in [2.24, 2.45) is 23.7 Å². The van der Waals surface area contributed by atoms with E-state index >= 15 is 9.59 Å². The maximum Gasteiger partial charge on any atom is 0.417 e. The van der Waals surface area contributed by atoms with E-state index < -0.39 is 154 Å². The third-order valence-corrected chi connectivity index (χ3v) is 21.7. The van der Waals surface area contributed by atoms with Crippen molar-refractivity contribution in [3.8, 4) is 0 Å². The van der Waals surface area contributed by atoms with E-state index in [1.807, 2.05) is 20.8 Å². The minimum absolute atomic E-state index is 0.0397. The maximum absolute atomic E-state index is 15.4. The Morgan fingerprint density at radius 3 is 1.85 bits per heavy atom. The number of halogens is 4. The fraction of sp³-hybridized carbons (Fsp3) is 0.754. The van der Waals surface area contributed by atoms with E-state index in [4.69, 9.17) is 11.6 Å². The van der Waals surface area contributed by atoms with Gasteiger partial charge in [-0.3, -0.25) is 52.7 Å². The molecule has 3 saturated carbocycles. The molecular formula is C69H105ClF3N11O11. The SMILES string of the molecule is CC[C@H](C)[C@@H]1NC(=O)[C@H](CC(C)C)N(C)C(=O)C[C@@H](C)NC(=O)[C@H](C2CCCCC2)N(C)C(=O)C2(CCCC2)NC(=O)[C@@H]2CCCN2C(=O)[C@H](CCc2ccc(C(F)(F)F)c(Cl)c2)NC(=O)CN(C)C(=O)[C@H](CC2CCCCC2)N(C)C(=O)[C@@H]2CCN2C(=O)[C@H](C)N(C)C1=O. The van der Waals surface area contributed by atoms with Crippen molar-refractivity contribution in [2.75, 3.05) is 54.9 Å². The van der Waals surface area contributed by atoms with Crippen LogP contribution in [0.4, 0.5) is 13.2 Å². The van der Waals surface area contributed by atoms with E-state index in [1.165, 1.54) is 68.6 Å². The highest BCUT2D eigenvalue weighted by molar-refractivity contribution is 6.31. The van der Waals surface area contributed by atoms with E-state index in [9.17, 15) is 56.3 Å². The number of alkyl halides is 3.